The molecule has 1 heterocycles. The minimum atomic E-state index is -4.22. The summed E-state index contributed by atoms with van der Waals surface area (Å²) in [7, 11) is 0. The van der Waals surface area contributed by atoms with Gasteiger partial charge in [0.15, 0.2) is 0 Å². The fourth-order valence-corrected chi connectivity index (χ4v) is 0.969. The van der Waals surface area contributed by atoms with Crippen LogP contribution in [0.15, 0.2) is 11.4 Å². The number of hydrogen-bond acceptors (Lipinski definition) is 1. The van der Waals surface area contributed by atoms with Gasteiger partial charge in [0.2, 0.25) is 0 Å². The third kappa shape index (κ3) is 1.45. The van der Waals surface area contributed by atoms with Crippen molar-refractivity contribution in [2.45, 2.75) is 6.18 Å². The fourth-order valence-electron chi connectivity index (χ4n) is 0.386. The first-order chi connectivity index (χ1) is 4.11. The van der Waals surface area contributed by atoms with Crippen LogP contribution < -0.4 is 0 Å². The van der Waals surface area contributed by atoms with E-state index < -0.39 is 11.7 Å². The first-order valence-corrected chi connectivity index (χ1v) is 3.01. The average molecular weight is 151 g/mol. The van der Waals surface area contributed by atoms with Crippen molar-refractivity contribution in [1.82, 2.24) is 0 Å². The molecule has 0 atom stereocenters. The molecule has 0 aliphatic carbocycles. The van der Waals surface area contributed by atoms with E-state index in [1.807, 2.05) is 0 Å². The first-order valence-electron chi connectivity index (χ1n) is 2.13. The van der Waals surface area contributed by atoms with Gasteiger partial charge in [0.1, 0.15) is 0 Å². The average Bonchev–Trinajstić information content (AvgIpc) is 2.08. The number of halogens is 3. The second-order valence-corrected chi connectivity index (χ2v) is 2.15. The van der Waals surface area contributed by atoms with Gasteiger partial charge in [-0.05, 0) is 11.4 Å². The Bertz CT molecular complexity index is 175. The van der Waals surface area contributed by atoms with Crippen molar-refractivity contribution < 1.29 is 13.2 Å². The largest absolute Gasteiger partial charge is 0.417 e. The third-order valence-corrected chi connectivity index (χ3v) is 1.39. The van der Waals surface area contributed by atoms with Gasteiger partial charge in [-0.25, -0.2) is 0 Å². The maximum atomic E-state index is 11.6. The topological polar surface area (TPSA) is 0 Å². The van der Waals surface area contributed by atoms with Crippen LogP contribution in [0.1, 0.15) is 5.56 Å². The molecule has 0 aromatic carbocycles. The normalized spacial score (nSPS) is 11.9. The van der Waals surface area contributed by atoms with Crippen molar-refractivity contribution in [2.75, 3.05) is 0 Å². The van der Waals surface area contributed by atoms with Crippen LogP contribution >= 0.6 is 11.3 Å². The lowest BCUT2D eigenvalue weighted by Gasteiger charge is -1.99. The van der Waals surface area contributed by atoms with Crippen LogP contribution in [0.4, 0.5) is 13.2 Å². The molecule has 1 aromatic rings. The highest BCUT2D eigenvalue weighted by Crippen LogP contribution is 2.29. The molecule has 0 saturated heterocycles. The summed E-state index contributed by atoms with van der Waals surface area (Å²) in [6, 6.07) is 1.00. The highest BCUT2D eigenvalue weighted by atomic mass is 32.1. The lowest BCUT2D eigenvalue weighted by Crippen LogP contribution is -2.01. The van der Waals surface area contributed by atoms with E-state index in [1.54, 1.807) is 0 Å². The minimum Gasteiger partial charge on any atom is -0.166 e. The van der Waals surface area contributed by atoms with Gasteiger partial charge in [-0.15, -0.1) is 11.3 Å². The molecule has 0 N–H and O–H groups in total. The Labute approximate surface area is 53.9 Å². The number of rotatable bonds is 0. The number of alkyl halides is 3. The molecule has 0 unspecified atom stereocenters. The van der Waals surface area contributed by atoms with E-state index in [4.69, 9.17) is 0 Å². The van der Waals surface area contributed by atoms with Gasteiger partial charge in [-0.3, -0.25) is 0 Å². The van der Waals surface area contributed by atoms with Crippen molar-refractivity contribution in [3.05, 3.63) is 22.4 Å². The molecule has 0 bridgehead atoms. The molecular formula is C5H2F3S. The molecule has 1 aromatic heterocycles. The van der Waals surface area contributed by atoms with Crippen molar-refractivity contribution in [2.24, 2.45) is 0 Å². The Morgan fingerprint density at radius 1 is 1.44 bits per heavy atom. The molecule has 0 nitrogen and oxygen atoms in total. The van der Waals surface area contributed by atoms with Crippen molar-refractivity contribution in [3.8, 4) is 0 Å². The SMILES string of the molecule is FC(F)(F)c1[c]scc1. The molecule has 0 amide bonds. The summed E-state index contributed by atoms with van der Waals surface area (Å²) in [5.74, 6) is 0. The predicted octanol–water partition coefficient (Wildman–Crippen LogP) is 2.57. The van der Waals surface area contributed by atoms with E-state index in [1.165, 1.54) is 5.38 Å². The van der Waals surface area contributed by atoms with Gasteiger partial charge in [0.05, 0.1) is 10.9 Å². The Kier molecular flexibility index (Phi) is 1.48. The van der Waals surface area contributed by atoms with E-state index in [0.29, 0.717) is 0 Å². The molecule has 0 fully saturated rings. The molecular weight excluding hydrogens is 149 g/mol. The molecule has 0 aliphatic heterocycles. The van der Waals surface area contributed by atoms with Gasteiger partial charge in [0.25, 0.3) is 0 Å². The zero-order chi connectivity index (χ0) is 6.91. The standard InChI is InChI=1S/C5H2F3S/c6-5(7,8)4-1-2-9-3-4/h1-2H. The van der Waals surface area contributed by atoms with Gasteiger partial charge in [0, 0.05) is 0 Å². The molecule has 0 spiro atoms. The van der Waals surface area contributed by atoms with Crippen molar-refractivity contribution in [1.29, 1.82) is 0 Å². The first kappa shape index (κ1) is 6.61. The van der Waals surface area contributed by atoms with Crippen LogP contribution in [0.25, 0.3) is 0 Å². The lowest BCUT2D eigenvalue weighted by atomic mass is 10.3. The number of thiophene rings is 1. The summed E-state index contributed by atoms with van der Waals surface area (Å²) in [4.78, 5) is 0. The third-order valence-electron chi connectivity index (χ3n) is 0.777. The van der Waals surface area contributed by atoms with Gasteiger partial charge >= 0.3 is 6.18 Å². The quantitative estimate of drug-likeness (QED) is 0.534. The fraction of sp³-hybridized carbons (Fsp3) is 0.200. The zero-order valence-corrected chi connectivity index (χ0v) is 5.01. The highest BCUT2D eigenvalue weighted by Gasteiger charge is 2.30. The molecule has 0 saturated carbocycles. The van der Waals surface area contributed by atoms with E-state index in [2.05, 4.69) is 5.38 Å². The van der Waals surface area contributed by atoms with Crippen LogP contribution in [0.3, 0.4) is 0 Å². The lowest BCUT2D eigenvalue weighted by molar-refractivity contribution is -0.137. The Morgan fingerprint density at radius 2 is 2.11 bits per heavy atom. The van der Waals surface area contributed by atoms with Crippen molar-refractivity contribution >= 4 is 11.3 Å². The van der Waals surface area contributed by atoms with Crippen LogP contribution in [0, 0.1) is 5.38 Å². The monoisotopic (exact) mass is 151 g/mol. The maximum absolute atomic E-state index is 11.6. The molecule has 1 rings (SSSR count). The predicted molar refractivity (Wildman–Crippen MR) is 28.2 cm³/mol. The van der Waals surface area contributed by atoms with Crippen LogP contribution in [-0.2, 0) is 6.18 Å². The Hall–Kier alpha value is -0.510. The Morgan fingerprint density at radius 3 is 2.33 bits per heavy atom. The summed E-state index contributed by atoms with van der Waals surface area (Å²) in [6.45, 7) is 0. The van der Waals surface area contributed by atoms with E-state index >= 15 is 0 Å². The van der Waals surface area contributed by atoms with E-state index in [0.717, 1.165) is 17.4 Å². The molecule has 49 valence electrons. The summed E-state index contributed by atoms with van der Waals surface area (Å²) in [6.07, 6.45) is -4.22. The molecule has 9 heavy (non-hydrogen) atoms. The van der Waals surface area contributed by atoms with Crippen LogP contribution in [0.5, 0.6) is 0 Å². The second-order valence-electron chi connectivity index (χ2n) is 1.43. The summed E-state index contributed by atoms with van der Waals surface area (Å²) < 4.78 is 34.8. The summed E-state index contributed by atoms with van der Waals surface area (Å²) in [5.41, 5.74) is -0.688. The van der Waals surface area contributed by atoms with Gasteiger partial charge in [-0.1, -0.05) is 0 Å². The highest BCUT2D eigenvalue weighted by molar-refractivity contribution is 7.07. The van der Waals surface area contributed by atoms with Crippen molar-refractivity contribution in [3.63, 3.8) is 0 Å². The van der Waals surface area contributed by atoms with Gasteiger partial charge in [-0.2, -0.15) is 13.2 Å². The molecule has 1 radical (unpaired) electrons. The second kappa shape index (κ2) is 2.02. The number of hydrogen-bond donors (Lipinski definition) is 0. The maximum Gasteiger partial charge on any atom is 0.417 e. The minimum absolute atomic E-state index is 0.688. The van der Waals surface area contributed by atoms with Gasteiger partial charge < -0.3 is 0 Å². The summed E-state index contributed by atoms with van der Waals surface area (Å²) in [5, 5.41) is 3.44. The molecule has 4 heteroatoms. The van der Waals surface area contributed by atoms with Crippen LogP contribution in [-0.4, -0.2) is 0 Å². The summed E-state index contributed by atoms with van der Waals surface area (Å²) >= 11 is 0.921. The smallest absolute Gasteiger partial charge is 0.166 e. The van der Waals surface area contributed by atoms with E-state index in [9.17, 15) is 13.2 Å². The van der Waals surface area contributed by atoms with E-state index in [-0.39, 0.29) is 0 Å². The molecule has 0 aliphatic rings. The van der Waals surface area contributed by atoms with Crippen LogP contribution in [0.2, 0.25) is 0 Å². The Balaban J connectivity index is 2.90. The zero-order valence-electron chi connectivity index (χ0n) is 4.20.